The van der Waals surface area contributed by atoms with Crippen LogP contribution in [-0.2, 0) is 6.42 Å². The van der Waals surface area contributed by atoms with Gasteiger partial charge in [-0.25, -0.2) is 0 Å². The summed E-state index contributed by atoms with van der Waals surface area (Å²) in [6, 6.07) is 15.9. The first-order valence-electron chi connectivity index (χ1n) is 7.28. The maximum atomic E-state index is 12.2. The van der Waals surface area contributed by atoms with Crippen molar-refractivity contribution in [2.45, 2.75) is 19.4 Å². The van der Waals surface area contributed by atoms with E-state index in [4.69, 9.17) is 11.6 Å². The van der Waals surface area contributed by atoms with Crippen LogP contribution in [0.25, 0.3) is 0 Å². The Morgan fingerprint density at radius 3 is 2.57 bits per heavy atom. The molecule has 0 heterocycles. The maximum Gasteiger partial charge on any atom is 0.167 e. The van der Waals surface area contributed by atoms with Crippen LogP contribution in [0.3, 0.4) is 0 Å². The van der Waals surface area contributed by atoms with E-state index in [2.05, 4.69) is 11.4 Å². The zero-order valence-corrected chi connectivity index (χ0v) is 12.7. The zero-order valence-electron chi connectivity index (χ0n) is 12.0. The molecule has 108 valence electrons. The number of rotatable bonds is 4. The molecule has 2 aromatic carbocycles. The molecule has 0 amide bonds. The molecule has 0 spiro atoms. The Balaban J connectivity index is 1.65. The van der Waals surface area contributed by atoms with Crippen molar-refractivity contribution in [2.75, 3.05) is 6.54 Å². The van der Waals surface area contributed by atoms with Gasteiger partial charge in [-0.15, -0.1) is 0 Å². The summed E-state index contributed by atoms with van der Waals surface area (Å²) in [7, 11) is 0. The number of Topliss-reactive ketones (excluding diaryl/α,β-unsaturated/α-hetero) is 1. The second-order valence-electron chi connectivity index (χ2n) is 5.55. The molecule has 0 aromatic heterocycles. The van der Waals surface area contributed by atoms with Gasteiger partial charge in [0.05, 0.1) is 0 Å². The van der Waals surface area contributed by atoms with Crippen LogP contribution in [0, 0.1) is 5.92 Å². The molecule has 2 atom stereocenters. The fourth-order valence-corrected chi connectivity index (χ4v) is 3.09. The van der Waals surface area contributed by atoms with Crippen LogP contribution in [0.5, 0.6) is 0 Å². The van der Waals surface area contributed by atoms with E-state index in [1.54, 1.807) is 0 Å². The molecule has 0 saturated carbocycles. The van der Waals surface area contributed by atoms with E-state index in [0.717, 1.165) is 29.1 Å². The number of hydrogen-bond donors (Lipinski definition) is 1. The van der Waals surface area contributed by atoms with Gasteiger partial charge in [0.25, 0.3) is 0 Å². The molecule has 2 unspecified atom stereocenters. The summed E-state index contributed by atoms with van der Waals surface area (Å²) in [4.78, 5) is 12.2. The highest BCUT2D eigenvalue weighted by Gasteiger charge is 2.35. The van der Waals surface area contributed by atoms with Gasteiger partial charge in [-0.1, -0.05) is 54.9 Å². The number of halogens is 1. The monoisotopic (exact) mass is 299 g/mol. The van der Waals surface area contributed by atoms with Gasteiger partial charge in [0.1, 0.15) is 0 Å². The molecular formula is C18H18ClNO. The predicted molar refractivity (Wildman–Crippen MR) is 85.8 cm³/mol. The van der Waals surface area contributed by atoms with Crippen molar-refractivity contribution in [2.24, 2.45) is 5.92 Å². The highest BCUT2D eigenvalue weighted by atomic mass is 35.5. The zero-order chi connectivity index (χ0) is 14.8. The van der Waals surface area contributed by atoms with Gasteiger partial charge >= 0.3 is 0 Å². The molecule has 3 rings (SSSR count). The van der Waals surface area contributed by atoms with Crippen LogP contribution in [0.2, 0.25) is 5.02 Å². The molecule has 1 aliphatic rings. The Hall–Kier alpha value is -1.64. The number of ketones is 1. The molecule has 0 aliphatic heterocycles. The number of carbonyl (C=O) groups excluding carboxylic acids is 1. The van der Waals surface area contributed by atoms with Crippen molar-refractivity contribution in [3.8, 4) is 0 Å². The summed E-state index contributed by atoms with van der Waals surface area (Å²) in [6.07, 6.45) is 0.927. The third kappa shape index (κ3) is 2.87. The van der Waals surface area contributed by atoms with E-state index in [-0.39, 0.29) is 17.7 Å². The van der Waals surface area contributed by atoms with Gasteiger partial charge in [-0.3, -0.25) is 4.79 Å². The average molecular weight is 300 g/mol. The van der Waals surface area contributed by atoms with Crippen LogP contribution in [-0.4, -0.2) is 12.3 Å². The van der Waals surface area contributed by atoms with E-state index in [9.17, 15) is 4.79 Å². The number of hydrogen-bond acceptors (Lipinski definition) is 2. The van der Waals surface area contributed by atoms with Gasteiger partial charge in [-0.2, -0.15) is 0 Å². The van der Waals surface area contributed by atoms with Crippen molar-refractivity contribution in [3.63, 3.8) is 0 Å². The molecule has 1 N–H and O–H groups in total. The molecule has 1 aliphatic carbocycles. The average Bonchev–Trinajstić information content (AvgIpc) is 2.75. The van der Waals surface area contributed by atoms with Gasteiger partial charge in [-0.05, 0) is 36.2 Å². The Kier molecular flexibility index (Phi) is 4.09. The molecule has 0 fully saturated rings. The van der Waals surface area contributed by atoms with Crippen LogP contribution in [0.4, 0.5) is 0 Å². The largest absolute Gasteiger partial charge is 0.309 e. The topological polar surface area (TPSA) is 29.1 Å². The van der Waals surface area contributed by atoms with Crippen LogP contribution in [0.1, 0.15) is 34.5 Å². The number of benzene rings is 2. The van der Waals surface area contributed by atoms with E-state index in [1.165, 1.54) is 5.56 Å². The Morgan fingerprint density at radius 2 is 1.81 bits per heavy atom. The van der Waals surface area contributed by atoms with Crippen molar-refractivity contribution >= 4 is 17.4 Å². The van der Waals surface area contributed by atoms with Crippen molar-refractivity contribution in [1.82, 2.24) is 5.32 Å². The van der Waals surface area contributed by atoms with Crippen LogP contribution >= 0.6 is 11.6 Å². The number of carbonyl (C=O) groups is 1. The Bertz CT molecular complexity index is 651. The third-order valence-corrected chi connectivity index (χ3v) is 4.42. The summed E-state index contributed by atoms with van der Waals surface area (Å²) in [5.74, 6) is 0.252. The second kappa shape index (κ2) is 6.00. The second-order valence-corrected chi connectivity index (χ2v) is 5.98. The highest BCUT2D eigenvalue weighted by Crippen LogP contribution is 2.35. The summed E-state index contributed by atoms with van der Waals surface area (Å²) in [5.41, 5.74) is 3.25. The lowest BCUT2D eigenvalue weighted by molar-refractivity contribution is 0.0927. The third-order valence-electron chi connectivity index (χ3n) is 4.17. The maximum absolute atomic E-state index is 12.2. The minimum atomic E-state index is 0.00705. The number of nitrogens with one attached hydrogen (secondary N) is 1. The molecule has 2 aromatic rings. The first-order valence-corrected chi connectivity index (χ1v) is 7.65. The molecule has 2 nitrogen and oxygen atoms in total. The van der Waals surface area contributed by atoms with Crippen molar-refractivity contribution < 1.29 is 4.79 Å². The fourth-order valence-electron chi connectivity index (χ4n) is 2.97. The smallest absolute Gasteiger partial charge is 0.167 e. The van der Waals surface area contributed by atoms with Gasteiger partial charge < -0.3 is 5.32 Å². The van der Waals surface area contributed by atoms with E-state index in [0.29, 0.717) is 0 Å². The van der Waals surface area contributed by atoms with Crippen molar-refractivity contribution in [3.05, 3.63) is 70.2 Å². The minimum absolute atomic E-state index is 0.00705. The minimum Gasteiger partial charge on any atom is -0.309 e. The highest BCUT2D eigenvalue weighted by molar-refractivity contribution is 6.30. The SMILES string of the molecule is CC1C(=O)c2ccccc2C1NCCc1ccc(Cl)cc1. The standard InChI is InChI=1S/C18H18ClNO/c1-12-17(15-4-2-3-5-16(15)18(12)21)20-11-10-13-6-8-14(19)9-7-13/h2-9,12,17,20H,10-11H2,1H3. The van der Waals surface area contributed by atoms with Gasteiger partial charge in [0.2, 0.25) is 0 Å². The Labute approximate surface area is 130 Å². The Morgan fingerprint density at radius 1 is 1.10 bits per heavy atom. The van der Waals surface area contributed by atoms with Gasteiger partial charge in [0, 0.05) is 22.5 Å². The predicted octanol–water partition coefficient (Wildman–Crippen LogP) is 4.05. The molecule has 3 heteroatoms. The van der Waals surface area contributed by atoms with E-state index >= 15 is 0 Å². The summed E-state index contributed by atoms with van der Waals surface area (Å²) < 4.78 is 0. The van der Waals surface area contributed by atoms with Crippen molar-refractivity contribution in [1.29, 1.82) is 0 Å². The van der Waals surface area contributed by atoms with Crippen LogP contribution < -0.4 is 5.32 Å². The van der Waals surface area contributed by atoms with E-state index < -0.39 is 0 Å². The number of fused-ring (bicyclic) bond motifs is 1. The first kappa shape index (κ1) is 14.3. The fraction of sp³-hybridized carbons (Fsp3) is 0.278. The molecule has 0 saturated heterocycles. The lowest BCUT2D eigenvalue weighted by atomic mass is 10.0. The lowest BCUT2D eigenvalue weighted by Gasteiger charge is -2.17. The normalized spacial score (nSPS) is 20.6. The first-order chi connectivity index (χ1) is 10.2. The summed E-state index contributed by atoms with van der Waals surface area (Å²) >= 11 is 5.89. The summed E-state index contributed by atoms with van der Waals surface area (Å²) in [5, 5.41) is 4.29. The lowest BCUT2D eigenvalue weighted by Crippen LogP contribution is -2.27. The van der Waals surface area contributed by atoms with E-state index in [1.807, 2.05) is 49.4 Å². The van der Waals surface area contributed by atoms with Gasteiger partial charge in [0.15, 0.2) is 5.78 Å². The summed E-state index contributed by atoms with van der Waals surface area (Å²) in [6.45, 7) is 2.85. The molecule has 21 heavy (non-hydrogen) atoms. The molecule has 0 bridgehead atoms. The quantitative estimate of drug-likeness (QED) is 0.923. The molecule has 0 radical (unpaired) electrons. The molecular weight excluding hydrogens is 282 g/mol. The van der Waals surface area contributed by atoms with Crippen LogP contribution in [0.15, 0.2) is 48.5 Å².